The van der Waals surface area contributed by atoms with Gasteiger partial charge in [0.15, 0.2) is 11.6 Å². The van der Waals surface area contributed by atoms with E-state index in [2.05, 4.69) is 5.32 Å². The molecular formula is C22H22F3NO6. The second-order valence-electron chi connectivity index (χ2n) is 6.67. The summed E-state index contributed by atoms with van der Waals surface area (Å²) >= 11 is 0. The van der Waals surface area contributed by atoms with Crippen LogP contribution in [-0.4, -0.2) is 39.3 Å². The summed E-state index contributed by atoms with van der Waals surface area (Å²) in [6.45, 7) is 1.85. The van der Waals surface area contributed by atoms with Crippen LogP contribution in [-0.2, 0) is 20.8 Å². The van der Waals surface area contributed by atoms with E-state index in [1.165, 1.54) is 0 Å². The van der Waals surface area contributed by atoms with E-state index >= 15 is 0 Å². The molecule has 0 spiro atoms. The molecule has 172 valence electrons. The lowest BCUT2D eigenvalue weighted by Gasteiger charge is -2.23. The van der Waals surface area contributed by atoms with Gasteiger partial charge in [-0.05, 0) is 30.5 Å². The van der Waals surface area contributed by atoms with Crippen molar-refractivity contribution in [3.05, 3.63) is 83.2 Å². The van der Waals surface area contributed by atoms with Gasteiger partial charge in [0.25, 0.3) is 0 Å². The van der Waals surface area contributed by atoms with E-state index in [1.807, 2.05) is 37.3 Å². The number of hydrogen-bond acceptors (Lipinski definition) is 4. The summed E-state index contributed by atoms with van der Waals surface area (Å²) in [5, 5.41) is 27.8. The fourth-order valence-corrected chi connectivity index (χ4v) is 2.72. The zero-order valence-electron chi connectivity index (χ0n) is 17.0. The minimum atomic E-state index is -1.27. The predicted molar refractivity (Wildman–Crippen MR) is 108 cm³/mol. The fraction of sp³-hybridized carbons (Fsp3) is 0.227. The van der Waals surface area contributed by atoms with Gasteiger partial charge in [-0.2, -0.15) is 0 Å². The Labute approximate surface area is 181 Å². The first kappa shape index (κ1) is 26.4. The Morgan fingerprint density at radius 3 is 1.94 bits per heavy atom. The molecule has 7 nitrogen and oxygen atoms in total. The lowest BCUT2D eigenvalue weighted by Crippen LogP contribution is -2.35. The van der Waals surface area contributed by atoms with Crippen LogP contribution in [0.1, 0.15) is 30.5 Å². The highest BCUT2D eigenvalue weighted by atomic mass is 19.2. The first-order valence-electron chi connectivity index (χ1n) is 9.29. The summed E-state index contributed by atoms with van der Waals surface area (Å²) in [5.74, 6) is -6.89. The second kappa shape index (κ2) is 12.9. The van der Waals surface area contributed by atoms with Crippen LogP contribution >= 0.6 is 0 Å². The van der Waals surface area contributed by atoms with Gasteiger partial charge in [-0.15, -0.1) is 0 Å². The van der Waals surface area contributed by atoms with Crippen molar-refractivity contribution in [3.8, 4) is 0 Å². The number of carbonyl (C=O) groups is 3. The minimum absolute atomic E-state index is 0.0621. The molecule has 0 unspecified atom stereocenters. The molecule has 0 saturated heterocycles. The predicted octanol–water partition coefficient (Wildman–Crippen LogP) is 3.55. The zero-order chi connectivity index (χ0) is 24.3. The summed E-state index contributed by atoms with van der Waals surface area (Å²) in [6, 6.07) is 9.78. The van der Waals surface area contributed by atoms with Crippen LogP contribution in [0.3, 0.4) is 0 Å². The topological polar surface area (TPSA) is 124 Å². The number of carboxylic acid groups (broad SMARTS) is 3. The summed E-state index contributed by atoms with van der Waals surface area (Å²) in [5.41, 5.74) is 0.881. The zero-order valence-corrected chi connectivity index (χ0v) is 17.0. The van der Waals surface area contributed by atoms with Crippen molar-refractivity contribution in [2.24, 2.45) is 0 Å². The molecule has 0 heterocycles. The summed E-state index contributed by atoms with van der Waals surface area (Å²) < 4.78 is 40.1. The van der Waals surface area contributed by atoms with E-state index in [0.717, 1.165) is 11.6 Å². The lowest BCUT2D eigenvalue weighted by molar-refractivity contribution is -0.137. The molecular weight excluding hydrogens is 431 g/mol. The molecule has 0 aliphatic heterocycles. The molecule has 4 N–H and O–H groups in total. The van der Waals surface area contributed by atoms with Gasteiger partial charge in [0.1, 0.15) is 5.82 Å². The largest absolute Gasteiger partial charge is 0.481 e. The quantitative estimate of drug-likeness (QED) is 0.338. The lowest BCUT2D eigenvalue weighted by atomic mass is 10.00. The van der Waals surface area contributed by atoms with Crippen molar-refractivity contribution in [3.63, 3.8) is 0 Å². The second-order valence-corrected chi connectivity index (χ2v) is 6.67. The molecule has 0 bridgehead atoms. The van der Waals surface area contributed by atoms with Crippen LogP contribution in [0.2, 0.25) is 0 Å². The summed E-state index contributed by atoms with van der Waals surface area (Å²) in [6.07, 6.45) is 0.785. The Kier molecular flexibility index (Phi) is 10.6. The molecule has 2 rings (SSSR count). The Morgan fingerprint density at radius 1 is 0.906 bits per heavy atom. The number of nitrogens with one attached hydrogen (secondary N) is 1. The number of hydrogen-bond donors (Lipinski definition) is 4. The number of carboxylic acids is 3. The molecule has 0 aliphatic carbocycles. The number of halogens is 3. The van der Waals surface area contributed by atoms with Gasteiger partial charge >= 0.3 is 17.9 Å². The molecule has 0 amide bonds. The third kappa shape index (κ3) is 9.90. The first-order chi connectivity index (χ1) is 15.0. The third-order valence-electron chi connectivity index (χ3n) is 4.13. The van der Waals surface area contributed by atoms with Gasteiger partial charge in [0.05, 0.1) is 6.42 Å². The summed E-state index contributed by atoms with van der Waals surface area (Å²) in [7, 11) is 0. The molecule has 2 atom stereocenters. The van der Waals surface area contributed by atoms with Crippen LogP contribution in [0.4, 0.5) is 13.2 Å². The van der Waals surface area contributed by atoms with Gasteiger partial charge < -0.3 is 20.6 Å². The Balaban J connectivity index is 0.000000547. The summed E-state index contributed by atoms with van der Waals surface area (Å²) in [4.78, 5) is 30.2. The molecule has 0 saturated carbocycles. The fourth-order valence-electron chi connectivity index (χ4n) is 2.72. The van der Waals surface area contributed by atoms with Gasteiger partial charge in [0.2, 0.25) is 0 Å². The maximum Gasteiger partial charge on any atom is 0.328 e. The van der Waals surface area contributed by atoms with E-state index in [9.17, 15) is 27.6 Å². The van der Waals surface area contributed by atoms with Gasteiger partial charge in [-0.1, -0.05) is 30.3 Å². The van der Waals surface area contributed by atoms with E-state index < -0.39 is 41.4 Å². The van der Waals surface area contributed by atoms with Gasteiger partial charge in [-0.3, -0.25) is 4.79 Å². The van der Waals surface area contributed by atoms with E-state index in [4.69, 9.17) is 15.3 Å². The average Bonchev–Trinajstić information content (AvgIpc) is 2.71. The van der Waals surface area contributed by atoms with Crippen LogP contribution in [0.15, 0.2) is 54.6 Å². The monoisotopic (exact) mass is 453 g/mol. The van der Waals surface area contributed by atoms with Crippen molar-refractivity contribution in [1.29, 1.82) is 0 Å². The molecule has 0 aromatic heterocycles. The molecule has 0 fully saturated rings. The first-order valence-corrected chi connectivity index (χ1v) is 9.29. The third-order valence-corrected chi connectivity index (χ3v) is 4.13. The maximum absolute atomic E-state index is 13.8. The molecule has 0 radical (unpaired) electrons. The molecule has 32 heavy (non-hydrogen) atoms. The Bertz CT molecular complexity index is 950. The number of aliphatic carboxylic acids is 3. The SMILES string of the molecule is C[C@@H](N[C@H](CC(=O)O)Cc1cc(F)c(F)cc1F)c1ccccc1.O=C(O)C=CC(=O)O. The van der Waals surface area contributed by atoms with Gasteiger partial charge in [-0.25, -0.2) is 22.8 Å². The van der Waals surface area contributed by atoms with Crippen LogP contribution in [0, 0.1) is 17.5 Å². The highest BCUT2D eigenvalue weighted by Crippen LogP contribution is 2.19. The smallest absolute Gasteiger partial charge is 0.328 e. The maximum atomic E-state index is 13.8. The van der Waals surface area contributed by atoms with Crippen molar-refractivity contribution < 1.29 is 42.9 Å². The van der Waals surface area contributed by atoms with Crippen molar-refractivity contribution in [2.45, 2.75) is 31.8 Å². The Hall–Kier alpha value is -3.66. The average molecular weight is 453 g/mol. The van der Waals surface area contributed by atoms with Crippen molar-refractivity contribution in [1.82, 2.24) is 5.32 Å². The standard InChI is InChI=1S/C18H18F3NO2.C4H4O4/c1-11(12-5-3-2-4-6-12)22-14(9-18(23)24)7-13-8-16(20)17(21)10-15(13)19;5-3(6)1-2-4(7)8/h2-6,8,10-11,14,22H,7,9H2,1H3,(H,23,24);1-2H,(H,5,6)(H,7,8)/t11-,14+;/m1./s1. The number of benzene rings is 2. The van der Waals surface area contributed by atoms with Gasteiger partial charge in [0, 0.05) is 30.3 Å². The van der Waals surface area contributed by atoms with E-state index in [-0.39, 0.29) is 24.4 Å². The van der Waals surface area contributed by atoms with Crippen molar-refractivity contribution >= 4 is 17.9 Å². The van der Waals surface area contributed by atoms with Crippen LogP contribution in [0.25, 0.3) is 0 Å². The Morgan fingerprint density at radius 2 is 1.44 bits per heavy atom. The molecule has 0 aliphatic rings. The van der Waals surface area contributed by atoms with Crippen LogP contribution < -0.4 is 5.32 Å². The molecule has 10 heteroatoms. The number of rotatable bonds is 9. The van der Waals surface area contributed by atoms with Crippen LogP contribution in [0.5, 0.6) is 0 Å². The van der Waals surface area contributed by atoms with E-state index in [0.29, 0.717) is 18.2 Å². The highest BCUT2D eigenvalue weighted by Gasteiger charge is 2.20. The molecule has 2 aromatic carbocycles. The minimum Gasteiger partial charge on any atom is -0.481 e. The van der Waals surface area contributed by atoms with Crippen molar-refractivity contribution in [2.75, 3.05) is 0 Å². The normalized spacial score (nSPS) is 12.5. The van der Waals surface area contributed by atoms with E-state index in [1.54, 1.807) is 0 Å². The highest BCUT2D eigenvalue weighted by molar-refractivity contribution is 5.89. The molecule has 2 aromatic rings.